The number of ketones is 1. The monoisotopic (exact) mass is 246 g/mol. The first-order chi connectivity index (χ1) is 7.02. The van der Waals surface area contributed by atoms with Gasteiger partial charge in [-0.2, -0.15) is 0 Å². The summed E-state index contributed by atoms with van der Waals surface area (Å²) in [4.78, 5) is 11.7. The minimum atomic E-state index is -0.195. The standard InChI is InChI=1S/C11H12Cl2O2/c1-7(2)15-6-10(14)11-8(12)4-3-5-9(11)13/h3-5,7H,6H2,1-2H3. The summed E-state index contributed by atoms with van der Waals surface area (Å²) in [6.45, 7) is 3.73. The molecule has 1 aromatic rings. The summed E-state index contributed by atoms with van der Waals surface area (Å²) in [6.07, 6.45) is 0.00946. The predicted molar refractivity (Wildman–Crippen MR) is 61.9 cm³/mol. The first kappa shape index (κ1) is 12.5. The molecule has 0 heterocycles. The number of Topliss-reactive ketones (excluding diaryl/α,β-unsaturated/α-hetero) is 1. The largest absolute Gasteiger partial charge is 0.371 e. The van der Waals surface area contributed by atoms with Crippen LogP contribution in [0.1, 0.15) is 24.2 Å². The fraction of sp³-hybridized carbons (Fsp3) is 0.364. The van der Waals surface area contributed by atoms with E-state index in [2.05, 4.69) is 0 Å². The number of carbonyl (C=O) groups excluding carboxylic acids is 1. The van der Waals surface area contributed by atoms with Gasteiger partial charge in [0.25, 0.3) is 0 Å². The third-order valence-corrected chi connectivity index (χ3v) is 2.42. The molecule has 0 unspecified atom stereocenters. The second-order valence-corrected chi connectivity index (χ2v) is 4.19. The topological polar surface area (TPSA) is 26.3 Å². The highest BCUT2D eigenvalue weighted by molar-refractivity contribution is 6.39. The summed E-state index contributed by atoms with van der Waals surface area (Å²) in [6, 6.07) is 4.97. The summed E-state index contributed by atoms with van der Waals surface area (Å²) < 4.78 is 5.20. The van der Waals surface area contributed by atoms with E-state index in [0.717, 1.165) is 0 Å². The van der Waals surface area contributed by atoms with Crippen LogP contribution in [0.3, 0.4) is 0 Å². The molecule has 0 radical (unpaired) electrons. The Morgan fingerprint density at radius 1 is 1.33 bits per heavy atom. The van der Waals surface area contributed by atoms with E-state index >= 15 is 0 Å². The quantitative estimate of drug-likeness (QED) is 0.760. The third kappa shape index (κ3) is 3.49. The Labute approximate surface area is 99.1 Å². The number of rotatable bonds is 4. The van der Waals surface area contributed by atoms with Gasteiger partial charge in [-0.15, -0.1) is 0 Å². The van der Waals surface area contributed by atoms with Gasteiger partial charge in [-0.1, -0.05) is 29.3 Å². The van der Waals surface area contributed by atoms with Gasteiger partial charge in [0.15, 0.2) is 5.78 Å². The Balaban J connectivity index is 2.82. The number of carbonyl (C=O) groups is 1. The SMILES string of the molecule is CC(C)OCC(=O)c1c(Cl)cccc1Cl. The smallest absolute Gasteiger partial charge is 0.191 e. The van der Waals surface area contributed by atoms with Crippen LogP contribution < -0.4 is 0 Å². The van der Waals surface area contributed by atoms with Gasteiger partial charge in [0.1, 0.15) is 6.61 Å². The van der Waals surface area contributed by atoms with Gasteiger partial charge >= 0.3 is 0 Å². The molecule has 0 atom stereocenters. The van der Waals surface area contributed by atoms with E-state index in [1.807, 2.05) is 13.8 Å². The molecule has 2 nitrogen and oxygen atoms in total. The van der Waals surface area contributed by atoms with Crippen molar-refractivity contribution in [3.05, 3.63) is 33.8 Å². The van der Waals surface area contributed by atoms with Crippen molar-refractivity contribution in [2.24, 2.45) is 0 Å². The summed E-state index contributed by atoms with van der Waals surface area (Å²) in [5.74, 6) is -0.195. The van der Waals surface area contributed by atoms with E-state index in [-0.39, 0.29) is 18.5 Å². The highest BCUT2D eigenvalue weighted by atomic mass is 35.5. The number of hydrogen-bond donors (Lipinski definition) is 0. The number of hydrogen-bond acceptors (Lipinski definition) is 2. The number of ether oxygens (including phenoxy) is 1. The van der Waals surface area contributed by atoms with Crippen molar-refractivity contribution in [3.63, 3.8) is 0 Å². The van der Waals surface area contributed by atoms with Crippen LogP contribution in [0.5, 0.6) is 0 Å². The molecule has 0 N–H and O–H groups in total. The highest BCUT2D eigenvalue weighted by Crippen LogP contribution is 2.24. The molecule has 4 heteroatoms. The first-order valence-corrected chi connectivity index (χ1v) is 5.36. The maximum Gasteiger partial charge on any atom is 0.191 e. The Kier molecular flexibility index (Phi) is 4.58. The average Bonchev–Trinajstić information content (AvgIpc) is 2.14. The van der Waals surface area contributed by atoms with Crippen molar-refractivity contribution >= 4 is 29.0 Å². The van der Waals surface area contributed by atoms with Crippen LogP contribution in [-0.2, 0) is 4.74 Å². The van der Waals surface area contributed by atoms with E-state index in [1.54, 1.807) is 18.2 Å². The molecule has 0 aromatic heterocycles. The van der Waals surface area contributed by atoms with Crippen LogP contribution in [0.25, 0.3) is 0 Å². The molecule has 82 valence electrons. The van der Waals surface area contributed by atoms with Gasteiger partial charge in [0.2, 0.25) is 0 Å². The molecule has 1 rings (SSSR count). The Bertz CT molecular complexity index is 341. The van der Waals surface area contributed by atoms with Crippen LogP contribution in [0.2, 0.25) is 10.0 Å². The zero-order chi connectivity index (χ0) is 11.4. The fourth-order valence-corrected chi connectivity index (χ4v) is 1.69. The molecule has 1 aromatic carbocycles. The van der Waals surface area contributed by atoms with Crippen LogP contribution in [0.15, 0.2) is 18.2 Å². The molecule has 0 aliphatic carbocycles. The Morgan fingerprint density at radius 2 is 1.87 bits per heavy atom. The van der Waals surface area contributed by atoms with Crippen molar-refractivity contribution in [1.29, 1.82) is 0 Å². The van der Waals surface area contributed by atoms with Gasteiger partial charge in [0.05, 0.1) is 21.7 Å². The van der Waals surface area contributed by atoms with Crippen molar-refractivity contribution in [1.82, 2.24) is 0 Å². The second kappa shape index (κ2) is 5.50. The lowest BCUT2D eigenvalue weighted by molar-refractivity contribution is 0.0585. The van der Waals surface area contributed by atoms with E-state index in [0.29, 0.717) is 15.6 Å². The van der Waals surface area contributed by atoms with Gasteiger partial charge in [0, 0.05) is 0 Å². The molecule has 0 saturated heterocycles. The molecule has 0 fully saturated rings. The van der Waals surface area contributed by atoms with Crippen LogP contribution in [0, 0.1) is 0 Å². The lowest BCUT2D eigenvalue weighted by atomic mass is 10.1. The van der Waals surface area contributed by atoms with E-state index in [1.165, 1.54) is 0 Å². The third-order valence-electron chi connectivity index (χ3n) is 1.79. The molecule has 0 aliphatic heterocycles. The summed E-state index contributed by atoms with van der Waals surface area (Å²) in [5, 5.41) is 0.722. The van der Waals surface area contributed by atoms with Gasteiger partial charge in [-0.3, -0.25) is 4.79 Å². The van der Waals surface area contributed by atoms with Crippen molar-refractivity contribution < 1.29 is 9.53 Å². The molecule has 0 saturated carbocycles. The summed E-state index contributed by atoms with van der Waals surface area (Å²) in [7, 11) is 0. The number of benzene rings is 1. The summed E-state index contributed by atoms with van der Waals surface area (Å²) >= 11 is 11.8. The molecular formula is C11H12Cl2O2. The van der Waals surface area contributed by atoms with Gasteiger partial charge < -0.3 is 4.74 Å². The lowest BCUT2D eigenvalue weighted by Crippen LogP contribution is -2.14. The minimum Gasteiger partial charge on any atom is -0.371 e. The van der Waals surface area contributed by atoms with Crippen molar-refractivity contribution in [2.45, 2.75) is 20.0 Å². The van der Waals surface area contributed by atoms with Gasteiger partial charge in [-0.05, 0) is 26.0 Å². The Hall–Kier alpha value is -0.570. The molecule has 0 bridgehead atoms. The maximum absolute atomic E-state index is 11.7. The van der Waals surface area contributed by atoms with Crippen molar-refractivity contribution in [3.8, 4) is 0 Å². The highest BCUT2D eigenvalue weighted by Gasteiger charge is 2.14. The van der Waals surface area contributed by atoms with E-state index < -0.39 is 0 Å². The van der Waals surface area contributed by atoms with Crippen LogP contribution in [-0.4, -0.2) is 18.5 Å². The average molecular weight is 247 g/mol. The number of halogens is 2. The molecular weight excluding hydrogens is 235 g/mol. The normalized spacial score (nSPS) is 10.7. The zero-order valence-electron chi connectivity index (χ0n) is 8.59. The first-order valence-electron chi connectivity index (χ1n) is 4.61. The molecule has 0 aliphatic rings. The van der Waals surface area contributed by atoms with Crippen molar-refractivity contribution in [2.75, 3.05) is 6.61 Å². The van der Waals surface area contributed by atoms with E-state index in [9.17, 15) is 4.79 Å². The maximum atomic E-state index is 11.7. The van der Waals surface area contributed by atoms with Crippen LogP contribution >= 0.6 is 23.2 Å². The zero-order valence-corrected chi connectivity index (χ0v) is 10.1. The molecule has 0 spiro atoms. The minimum absolute atomic E-state index is 0.00111. The Morgan fingerprint density at radius 3 is 2.33 bits per heavy atom. The van der Waals surface area contributed by atoms with Gasteiger partial charge in [-0.25, -0.2) is 0 Å². The van der Waals surface area contributed by atoms with E-state index in [4.69, 9.17) is 27.9 Å². The fourth-order valence-electron chi connectivity index (χ4n) is 1.08. The summed E-state index contributed by atoms with van der Waals surface area (Å²) in [5.41, 5.74) is 0.335. The van der Waals surface area contributed by atoms with Crippen LogP contribution in [0.4, 0.5) is 0 Å². The molecule has 0 amide bonds. The second-order valence-electron chi connectivity index (χ2n) is 3.38. The lowest BCUT2D eigenvalue weighted by Gasteiger charge is -2.08. The molecule has 15 heavy (non-hydrogen) atoms. The predicted octanol–water partition coefficient (Wildman–Crippen LogP) is 3.60.